The van der Waals surface area contributed by atoms with Gasteiger partial charge in [-0.1, -0.05) is 72.5 Å². The van der Waals surface area contributed by atoms with E-state index in [0.29, 0.717) is 22.4 Å². The molecule has 1 fully saturated rings. The minimum Gasteiger partial charge on any atom is -0.488 e. The van der Waals surface area contributed by atoms with Gasteiger partial charge in [0, 0.05) is 12.1 Å². The Balaban J connectivity index is 1.49. The minimum absolute atomic E-state index is 0.0179. The summed E-state index contributed by atoms with van der Waals surface area (Å²) in [4.78, 5) is 15.1. The molecule has 0 saturated carbocycles. The lowest BCUT2D eigenvalue weighted by Gasteiger charge is -2.16. The Kier molecular flexibility index (Phi) is 4.91. The third kappa shape index (κ3) is 3.59. The predicted molar refractivity (Wildman–Crippen MR) is 110 cm³/mol. The highest BCUT2D eigenvalue weighted by Gasteiger charge is 2.32. The van der Waals surface area contributed by atoms with E-state index in [2.05, 4.69) is 18.2 Å². The molecule has 0 aromatic heterocycles. The zero-order chi connectivity index (χ0) is 17.9. The van der Waals surface area contributed by atoms with Crippen LogP contribution in [0.2, 0.25) is 0 Å². The van der Waals surface area contributed by atoms with Gasteiger partial charge in [0.1, 0.15) is 16.7 Å². The summed E-state index contributed by atoms with van der Waals surface area (Å²) in [7, 11) is 0. The smallest absolute Gasteiger partial charge is 0.266 e. The number of para-hydroxylation sites is 1. The quantitative estimate of drug-likeness (QED) is 0.580. The molecule has 2 heterocycles. The number of thiocarbonyl (C=S) groups is 1. The van der Waals surface area contributed by atoms with Crippen LogP contribution in [0.15, 0.2) is 71.2 Å². The maximum absolute atomic E-state index is 12.7. The Labute approximate surface area is 162 Å². The van der Waals surface area contributed by atoms with Crippen LogP contribution in [-0.4, -0.2) is 28.3 Å². The van der Waals surface area contributed by atoms with Crippen LogP contribution in [0.4, 0.5) is 0 Å². The summed E-state index contributed by atoms with van der Waals surface area (Å²) < 4.78 is 6.38. The molecule has 4 rings (SSSR count). The van der Waals surface area contributed by atoms with Crippen molar-refractivity contribution in [2.75, 3.05) is 13.2 Å². The first-order chi connectivity index (χ1) is 12.7. The van der Waals surface area contributed by atoms with E-state index in [-0.39, 0.29) is 5.91 Å². The summed E-state index contributed by atoms with van der Waals surface area (Å²) in [5, 5.41) is 0. The topological polar surface area (TPSA) is 29.5 Å². The van der Waals surface area contributed by atoms with Gasteiger partial charge in [0.25, 0.3) is 5.91 Å². The Hall–Kier alpha value is -2.37. The maximum atomic E-state index is 12.7. The van der Waals surface area contributed by atoms with Gasteiger partial charge in [0.2, 0.25) is 0 Å². The van der Waals surface area contributed by atoms with E-state index in [1.54, 1.807) is 4.90 Å². The molecule has 1 saturated heterocycles. The molecule has 0 aliphatic carbocycles. The van der Waals surface area contributed by atoms with Crippen LogP contribution in [0, 0.1) is 0 Å². The van der Waals surface area contributed by atoms with Crippen LogP contribution in [-0.2, 0) is 11.2 Å². The third-order valence-electron chi connectivity index (χ3n) is 4.31. The third-order valence-corrected chi connectivity index (χ3v) is 5.69. The van der Waals surface area contributed by atoms with Crippen molar-refractivity contribution in [2.24, 2.45) is 0 Å². The van der Waals surface area contributed by atoms with Crippen molar-refractivity contribution in [3.05, 3.63) is 82.3 Å². The zero-order valence-corrected chi connectivity index (χ0v) is 15.7. The van der Waals surface area contributed by atoms with Crippen molar-refractivity contribution in [1.29, 1.82) is 0 Å². The molecule has 0 atom stereocenters. The second kappa shape index (κ2) is 7.48. The zero-order valence-electron chi connectivity index (χ0n) is 14.1. The molecule has 3 nitrogen and oxygen atoms in total. The van der Waals surface area contributed by atoms with Crippen LogP contribution < -0.4 is 4.74 Å². The first-order valence-electron chi connectivity index (χ1n) is 8.42. The lowest BCUT2D eigenvalue weighted by atomic mass is 10.1. The molecule has 0 bridgehead atoms. The van der Waals surface area contributed by atoms with Crippen LogP contribution in [0.3, 0.4) is 0 Å². The van der Waals surface area contributed by atoms with Crippen LogP contribution in [0.1, 0.15) is 11.1 Å². The van der Waals surface area contributed by atoms with Gasteiger partial charge >= 0.3 is 0 Å². The van der Waals surface area contributed by atoms with E-state index in [0.717, 1.165) is 23.3 Å². The molecule has 0 N–H and O–H groups in total. The van der Waals surface area contributed by atoms with E-state index in [9.17, 15) is 4.79 Å². The standard InChI is InChI=1S/C21H17NO2S2/c23-20-19(13-16-12-17-8-4-5-9-18(17)24-14-16)26-21(25)22(20)11-10-15-6-2-1-3-7-15/h1-9,12-13H,10-11,14H2/b19-13-. The number of thioether (sulfide) groups is 1. The van der Waals surface area contributed by atoms with E-state index in [1.165, 1.54) is 17.3 Å². The minimum atomic E-state index is -0.0179. The molecular weight excluding hydrogens is 362 g/mol. The predicted octanol–water partition coefficient (Wildman–Crippen LogP) is 4.45. The van der Waals surface area contributed by atoms with Crippen molar-refractivity contribution in [3.8, 4) is 5.75 Å². The van der Waals surface area contributed by atoms with E-state index < -0.39 is 0 Å². The van der Waals surface area contributed by atoms with Gasteiger partial charge in [0.05, 0.1) is 4.91 Å². The van der Waals surface area contributed by atoms with Gasteiger partial charge in [-0.15, -0.1) is 0 Å². The molecule has 0 spiro atoms. The number of carbonyl (C=O) groups excluding carboxylic acids is 1. The van der Waals surface area contributed by atoms with E-state index in [1.807, 2.05) is 48.5 Å². The van der Waals surface area contributed by atoms with Crippen molar-refractivity contribution in [2.45, 2.75) is 6.42 Å². The second-order valence-corrected chi connectivity index (χ2v) is 7.79. The van der Waals surface area contributed by atoms with Crippen LogP contribution >= 0.6 is 24.0 Å². The summed E-state index contributed by atoms with van der Waals surface area (Å²) in [6.07, 6.45) is 4.76. The number of benzene rings is 2. The molecule has 130 valence electrons. The van der Waals surface area contributed by atoms with Crippen molar-refractivity contribution >= 4 is 40.3 Å². The van der Waals surface area contributed by atoms with E-state index in [4.69, 9.17) is 17.0 Å². The number of carbonyl (C=O) groups is 1. The average Bonchev–Trinajstić information content (AvgIpc) is 2.94. The molecule has 2 aromatic carbocycles. The number of fused-ring (bicyclic) bond motifs is 1. The molecule has 0 radical (unpaired) electrons. The number of rotatable bonds is 4. The van der Waals surface area contributed by atoms with Gasteiger partial charge in [-0.3, -0.25) is 9.69 Å². The monoisotopic (exact) mass is 379 g/mol. The molecular formula is C21H17NO2S2. The first-order valence-corrected chi connectivity index (χ1v) is 9.65. The number of amides is 1. The highest BCUT2D eigenvalue weighted by atomic mass is 32.2. The highest BCUT2D eigenvalue weighted by Crippen LogP contribution is 2.34. The van der Waals surface area contributed by atoms with Crippen LogP contribution in [0.5, 0.6) is 5.75 Å². The number of hydrogen-bond donors (Lipinski definition) is 0. The lowest BCUT2D eigenvalue weighted by molar-refractivity contribution is -0.122. The van der Waals surface area contributed by atoms with Crippen molar-refractivity contribution in [1.82, 2.24) is 4.90 Å². The number of ether oxygens (including phenoxy) is 1. The number of hydrogen-bond acceptors (Lipinski definition) is 4. The summed E-state index contributed by atoms with van der Waals surface area (Å²) in [5.74, 6) is 0.857. The Bertz CT molecular complexity index is 919. The van der Waals surface area contributed by atoms with Crippen molar-refractivity contribution < 1.29 is 9.53 Å². The number of nitrogens with zero attached hydrogens (tertiary/aromatic N) is 1. The van der Waals surface area contributed by atoms with Crippen LogP contribution in [0.25, 0.3) is 6.08 Å². The summed E-state index contributed by atoms with van der Waals surface area (Å²) >= 11 is 6.78. The summed E-state index contributed by atoms with van der Waals surface area (Å²) in [6.45, 7) is 1.07. The summed E-state index contributed by atoms with van der Waals surface area (Å²) in [6, 6.07) is 18.0. The molecule has 2 aromatic rings. The molecule has 5 heteroatoms. The molecule has 1 amide bonds. The van der Waals surface area contributed by atoms with Crippen molar-refractivity contribution in [3.63, 3.8) is 0 Å². The maximum Gasteiger partial charge on any atom is 0.266 e. The fourth-order valence-corrected chi connectivity index (χ4v) is 4.29. The van der Waals surface area contributed by atoms with Gasteiger partial charge in [-0.25, -0.2) is 0 Å². The highest BCUT2D eigenvalue weighted by molar-refractivity contribution is 8.26. The largest absolute Gasteiger partial charge is 0.488 e. The molecule has 2 aliphatic heterocycles. The molecule has 0 unspecified atom stereocenters. The normalized spacial score (nSPS) is 17.9. The Morgan fingerprint density at radius 2 is 1.88 bits per heavy atom. The fourth-order valence-electron chi connectivity index (χ4n) is 2.96. The Morgan fingerprint density at radius 3 is 2.73 bits per heavy atom. The van der Waals surface area contributed by atoms with Gasteiger partial charge in [-0.2, -0.15) is 0 Å². The SMILES string of the molecule is O=C1/C(=C/C2=Cc3ccccc3OC2)SC(=S)N1CCc1ccccc1. The molecule has 26 heavy (non-hydrogen) atoms. The fraction of sp³-hybridized carbons (Fsp3) is 0.143. The lowest BCUT2D eigenvalue weighted by Crippen LogP contribution is -2.30. The average molecular weight is 380 g/mol. The van der Waals surface area contributed by atoms with E-state index >= 15 is 0 Å². The van der Waals surface area contributed by atoms with Gasteiger partial charge < -0.3 is 4.74 Å². The summed E-state index contributed by atoms with van der Waals surface area (Å²) in [5.41, 5.74) is 3.21. The van der Waals surface area contributed by atoms with Gasteiger partial charge in [-0.05, 0) is 35.8 Å². The molecule has 2 aliphatic rings. The van der Waals surface area contributed by atoms with Gasteiger partial charge in [0.15, 0.2) is 0 Å². The Morgan fingerprint density at radius 1 is 1.12 bits per heavy atom. The second-order valence-electron chi connectivity index (χ2n) is 6.11. The first kappa shape index (κ1) is 17.1.